The van der Waals surface area contributed by atoms with Gasteiger partial charge in [-0.25, -0.2) is 4.79 Å². The molecule has 6 N–H and O–H groups in total. The molecule has 0 aromatic heterocycles. The summed E-state index contributed by atoms with van der Waals surface area (Å²) in [6.07, 6.45) is 2.15. The second-order valence-electron chi connectivity index (χ2n) is 12.3. The molecule has 1 saturated heterocycles. The second-order valence-corrected chi connectivity index (χ2v) is 12.3. The second kappa shape index (κ2) is 16.8. The normalized spacial score (nSPS) is 18.5. The number of likely N-dealkylation sites (tertiary alicyclic amines) is 1. The van der Waals surface area contributed by atoms with Crippen molar-refractivity contribution in [3.63, 3.8) is 0 Å². The van der Waals surface area contributed by atoms with Gasteiger partial charge in [0, 0.05) is 30.6 Å². The van der Waals surface area contributed by atoms with Crippen molar-refractivity contribution in [1.29, 1.82) is 0 Å². The van der Waals surface area contributed by atoms with Gasteiger partial charge in [0.1, 0.15) is 24.2 Å². The number of hydrogen-bond donors (Lipinski definition) is 5. The highest BCUT2D eigenvalue weighted by Crippen LogP contribution is 2.22. The maximum absolute atomic E-state index is 13.8. The van der Waals surface area contributed by atoms with E-state index >= 15 is 0 Å². The minimum absolute atomic E-state index is 0.0155. The molecular weight excluding hydrogens is 596 g/mol. The number of amides is 5. The van der Waals surface area contributed by atoms with Crippen LogP contribution in [0.2, 0.25) is 0 Å². The van der Waals surface area contributed by atoms with Crippen molar-refractivity contribution in [2.45, 2.75) is 102 Å². The van der Waals surface area contributed by atoms with Crippen molar-refractivity contribution in [3.05, 3.63) is 35.9 Å². The van der Waals surface area contributed by atoms with E-state index in [1.54, 1.807) is 51.1 Å². The van der Waals surface area contributed by atoms with Crippen LogP contribution in [0.1, 0.15) is 76.1 Å². The van der Waals surface area contributed by atoms with Gasteiger partial charge in [-0.15, -0.1) is 0 Å². The number of nitrogens with two attached hydrogens (primary N) is 1. The van der Waals surface area contributed by atoms with Crippen molar-refractivity contribution >= 4 is 41.3 Å². The van der Waals surface area contributed by atoms with Crippen molar-refractivity contribution in [2.75, 3.05) is 13.7 Å². The van der Waals surface area contributed by atoms with Crippen LogP contribution in [0.3, 0.4) is 0 Å². The van der Waals surface area contributed by atoms with Crippen molar-refractivity contribution in [1.82, 2.24) is 26.2 Å². The fourth-order valence-corrected chi connectivity index (χ4v) is 5.23. The molecule has 0 bridgehead atoms. The molecule has 3 rings (SSSR count). The number of carbonyl (C=O) groups is 7. The monoisotopic (exact) mass is 642 g/mol. The highest BCUT2D eigenvalue weighted by atomic mass is 16.5. The van der Waals surface area contributed by atoms with Gasteiger partial charge < -0.3 is 36.6 Å². The molecule has 1 aliphatic heterocycles. The van der Waals surface area contributed by atoms with Crippen molar-refractivity contribution in [2.24, 2.45) is 11.7 Å². The van der Waals surface area contributed by atoms with E-state index in [1.165, 1.54) is 12.0 Å². The van der Waals surface area contributed by atoms with Crippen molar-refractivity contribution < 1.29 is 38.3 Å². The molecule has 1 aromatic carbocycles. The number of carbonyl (C=O) groups excluding carboxylic acids is 7. The Morgan fingerprint density at radius 3 is 2.20 bits per heavy atom. The zero-order valence-electron chi connectivity index (χ0n) is 26.9. The molecule has 1 saturated carbocycles. The van der Waals surface area contributed by atoms with Gasteiger partial charge in [0.25, 0.3) is 11.8 Å². The van der Waals surface area contributed by atoms with Crippen LogP contribution in [-0.4, -0.2) is 96.1 Å². The van der Waals surface area contributed by atoms with Crippen LogP contribution >= 0.6 is 0 Å². The summed E-state index contributed by atoms with van der Waals surface area (Å²) in [5.74, 6) is -4.84. The average molecular weight is 643 g/mol. The zero-order chi connectivity index (χ0) is 34.0. The van der Waals surface area contributed by atoms with Crippen LogP contribution < -0.4 is 27.0 Å². The number of rotatable bonds is 16. The summed E-state index contributed by atoms with van der Waals surface area (Å²) < 4.78 is 4.80. The molecule has 1 aliphatic carbocycles. The maximum atomic E-state index is 13.8. The van der Waals surface area contributed by atoms with E-state index in [0.29, 0.717) is 12.8 Å². The molecule has 1 aromatic rings. The Balaban J connectivity index is 1.74. The zero-order valence-corrected chi connectivity index (χ0v) is 26.9. The first-order valence-electron chi connectivity index (χ1n) is 15.8. The molecule has 14 heteroatoms. The summed E-state index contributed by atoms with van der Waals surface area (Å²) in [5.41, 5.74) is 6.13. The van der Waals surface area contributed by atoms with Crippen LogP contribution in [0.15, 0.2) is 30.3 Å². The van der Waals surface area contributed by atoms with E-state index in [2.05, 4.69) is 21.3 Å². The Morgan fingerprint density at radius 2 is 1.61 bits per heavy atom. The molecule has 2 aliphatic rings. The molecule has 14 nitrogen and oxygen atoms in total. The Kier molecular flexibility index (Phi) is 13.2. The van der Waals surface area contributed by atoms with Crippen LogP contribution in [0.5, 0.6) is 0 Å². The van der Waals surface area contributed by atoms with E-state index in [-0.39, 0.29) is 37.4 Å². The topological polar surface area (TPSA) is 206 Å². The Bertz CT molecular complexity index is 1280. The van der Waals surface area contributed by atoms with Gasteiger partial charge in [0.15, 0.2) is 0 Å². The molecule has 252 valence electrons. The van der Waals surface area contributed by atoms with E-state index in [1.807, 2.05) is 0 Å². The first-order chi connectivity index (χ1) is 21.8. The Labute approximate surface area is 268 Å². The number of methoxy groups -OCH3 is 1. The van der Waals surface area contributed by atoms with Crippen molar-refractivity contribution in [3.8, 4) is 0 Å². The van der Waals surface area contributed by atoms with Gasteiger partial charge in [-0.05, 0) is 63.5 Å². The third-order valence-corrected chi connectivity index (χ3v) is 7.96. The highest BCUT2D eigenvalue weighted by Gasteiger charge is 2.40. The summed E-state index contributed by atoms with van der Waals surface area (Å²) in [6, 6.07) is 3.58. The van der Waals surface area contributed by atoms with Gasteiger partial charge in [0.2, 0.25) is 23.5 Å². The fourth-order valence-electron chi connectivity index (χ4n) is 5.23. The number of esters is 1. The first-order valence-corrected chi connectivity index (χ1v) is 15.8. The molecule has 5 amide bonds. The number of nitrogens with zero attached hydrogens (tertiary/aromatic N) is 1. The predicted octanol–water partition coefficient (Wildman–Crippen LogP) is -0.0602. The number of hydrogen-bond acceptors (Lipinski definition) is 9. The molecule has 2 fully saturated rings. The summed E-state index contributed by atoms with van der Waals surface area (Å²) in [7, 11) is 1.21. The lowest BCUT2D eigenvalue weighted by Crippen LogP contribution is -2.59. The molecule has 5 unspecified atom stereocenters. The van der Waals surface area contributed by atoms with Gasteiger partial charge in [-0.3, -0.25) is 28.8 Å². The lowest BCUT2D eigenvalue weighted by atomic mass is 10.00. The number of nitrogens with one attached hydrogen (secondary N) is 4. The highest BCUT2D eigenvalue weighted by molar-refractivity contribution is 6.36. The first kappa shape index (κ1) is 36.1. The summed E-state index contributed by atoms with van der Waals surface area (Å²) in [4.78, 5) is 92.1. The molecule has 0 spiro atoms. The quantitative estimate of drug-likeness (QED) is 0.121. The fraction of sp³-hybridized carbons (Fsp3) is 0.594. The number of Topliss-reactive ketones (excluding diaryl/α,β-unsaturated/α-hetero) is 1. The van der Waals surface area contributed by atoms with E-state index in [4.69, 9.17) is 10.5 Å². The number of ketones is 1. The molecule has 0 radical (unpaired) electrons. The average Bonchev–Trinajstić information content (AvgIpc) is 3.70. The lowest BCUT2D eigenvalue weighted by Gasteiger charge is -2.32. The van der Waals surface area contributed by atoms with Crippen LogP contribution in [0.25, 0.3) is 0 Å². The third kappa shape index (κ3) is 10.4. The summed E-state index contributed by atoms with van der Waals surface area (Å²) >= 11 is 0. The number of benzene rings is 1. The smallest absolute Gasteiger partial charge is 0.328 e. The maximum Gasteiger partial charge on any atom is 0.328 e. The van der Waals surface area contributed by atoms with Gasteiger partial charge in [-0.2, -0.15) is 0 Å². The Hall–Kier alpha value is -4.33. The van der Waals surface area contributed by atoms with Gasteiger partial charge in [0.05, 0.1) is 7.11 Å². The van der Waals surface area contributed by atoms with Gasteiger partial charge in [-0.1, -0.05) is 32.0 Å². The predicted molar refractivity (Wildman–Crippen MR) is 167 cm³/mol. The molecule has 46 heavy (non-hydrogen) atoms. The van der Waals surface area contributed by atoms with Gasteiger partial charge >= 0.3 is 5.97 Å². The molecular formula is C32H46N6O8. The molecule has 5 atom stereocenters. The lowest BCUT2D eigenvalue weighted by molar-refractivity contribution is -0.147. The Morgan fingerprint density at radius 1 is 0.935 bits per heavy atom. The summed E-state index contributed by atoms with van der Waals surface area (Å²) in [6.45, 7) is 5.41. The van der Waals surface area contributed by atoms with Crippen LogP contribution in [0.4, 0.5) is 0 Å². The van der Waals surface area contributed by atoms with E-state index < -0.39 is 77.4 Å². The van der Waals surface area contributed by atoms with E-state index in [0.717, 1.165) is 12.8 Å². The van der Waals surface area contributed by atoms with Crippen LogP contribution in [-0.2, 0) is 33.5 Å². The minimum atomic E-state index is -1.24. The van der Waals surface area contributed by atoms with E-state index in [9.17, 15) is 33.6 Å². The minimum Gasteiger partial charge on any atom is -0.467 e. The SMILES string of the molecule is COC(=O)C(CC(C)N)NC(=O)C1CCCN1C(=O)C(NC(=O)C(CCC(=O)C(=O)NC1CC1)NC(=O)c1ccccc1)C(C)C. The van der Waals surface area contributed by atoms with Crippen LogP contribution in [0, 0.1) is 5.92 Å². The third-order valence-electron chi connectivity index (χ3n) is 7.96. The summed E-state index contributed by atoms with van der Waals surface area (Å²) in [5, 5.41) is 10.6. The standard InChI is InChI=1S/C32H46N6O8/c1-18(2)26(31(44)38-16-8-11-24(38)29(42)36-23(17-19(3)33)32(45)46-4)37-28(41)22(35-27(40)20-9-6-5-7-10-20)14-15-25(39)30(43)34-21-12-13-21/h5-7,9-10,18-19,21-24,26H,8,11-17,33H2,1-4H3,(H,34,43)(H,35,40)(H,36,42)(H,37,41). The molecule has 1 heterocycles. The number of ether oxygens (including phenoxy) is 1. The largest absolute Gasteiger partial charge is 0.467 e.